The summed E-state index contributed by atoms with van der Waals surface area (Å²) in [5, 5.41) is 11.0. The molecule has 0 aromatic carbocycles. The van der Waals surface area contributed by atoms with Gasteiger partial charge in [-0.15, -0.1) is 4.99 Å². The fraction of sp³-hybridized carbons (Fsp3) is 0.700. The van der Waals surface area contributed by atoms with Gasteiger partial charge in [0.25, 0.3) is 0 Å². The van der Waals surface area contributed by atoms with E-state index in [-0.39, 0.29) is 5.96 Å². The molecule has 0 rings (SSSR count). The first-order chi connectivity index (χ1) is 7.31. The number of carbonyl (C=O) groups is 1. The van der Waals surface area contributed by atoms with Crippen LogP contribution in [-0.4, -0.2) is 18.8 Å². The Balaban J connectivity index is 3.15. The van der Waals surface area contributed by atoms with Crippen molar-refractivity contribution < 1.29 is 4.79 Å². The standard InChI is InChI=1S/C10H18N4O/c11-9-14-10(12)13-7-5-3-1-2-4-6-8-15/h8H,1-7H2,(H3,12,13,14). The maximum atomic E-state index is 10.0. The fourth-order valence-corrected chi connectivity index (χ4v) is 1.19. The highest BCUT2D eigenvalue weighted by Gasteiger charge is 1.92. The van der Waals surface area contributed by atoms with E-state index >= 15 is 0 Å². The number of hydrogen-bond donors (Lipinski definition) is 2. The van der Waals surface area contributed by atoms with Gasteiger partial charge in [0.2, 0.25) is 12.2 Å². The van der Waals surface area contributed by atoms with Crippen molar-refractivity contribution in [1.82, 2.24) is 5.32 Å². The predicted molar refractivity (Wildman–Crippen MR) is 59.0 cm³/mol. The number of nitrogens with one attached hydrogen (secondary N) is 1. The molecule has 0 fully saturated rings. The molecule has 15 heavy (non-hydrogen) atoms. The minimum atomic E-state index is 0.179. The second kappa shape index (κ2) is 10.5. The molecule has 0 unspecified atom stereocenters. The molecule has 0 aliphatic rings. The summed E-state index contributed by atoms with van der Waals surface area (Å²) in [5.74, 6) is 0.179. The Hall–Kier alpha value is -1.57. The fourth-order valence-electron chi connectivity index (χ4n) is 1.19. The summed E-state index contributed by atoms with van der Waals surface area (Å²) in [7, 11) is 0. The molecular formula is C10H18N4O. The number of nitriles is 1. The minimum Gasteiger partial charge on any atom is -0.369 e. The van der Waals surface area contributed by atoms with Gasteiger partial charge in [0.05, 0.1) is 0 Å². The van der Waals surface area contributed by atoms with Crippen LogP contribution in [0.25, 0.3) is 0 Å². The average molecular weight is 210 g/mol. The number of aldehydes is 1. The van der Waals surface area contributed by atoms with Gasteiger partial charge < -0.3 is 15.8 Å². The molecule has 0 aliphatic heterocycles. The molecule has 0 amide bonds. The third-order valence-electron chi connectivity index (χ3n) is 1.98. The highest BCUT2D eigenvalue weighted by Crippen LogP contribution is 2.03. The molecule has 0 spiro atoms. The molecule has 5 heteroatoms. The number of nitrogens with zero attached hydrogens (tertiary/aromatic N) is 2. The SMILES string of the molecule is N#CN=C(N)NCCCCCCCC=O. The van der Waals surface area contributed by atoms with Crippen LogP contribution in [0.4, 0.5) is 0 Å². The van der Waals surface area contributed by atoms with Crippen LogP contribution < -0.4 is 11.1 Å². The predicted octanol–water partition coefficient (Wildman–Crippen LogP) is 0.911. The first-order valence-electron chi connectivity index (χ1n) is 5.21. The van der Waals surface area contributed by atoms with E-state index in [9.17, 15) is 4.79 Å². The monoisotopic (exact) mass is 210 g/mol. The van der Waals surface area contributed by atoms with E-state index in [4.69, 9.17) is 11.0 Å². The summed E-state index contributed by atoms with van der Waals surface area (Å²) >= 11 is 0. The van der Waals surface area contributed by atoms with Gasteiger partial charge in [0.15, 0.2) is 0 Å². The molecule has 84 valence electrons. The Morgan fingerprint density at radius 2 is 2.00 bits per heavy atom. The highest BCUT2D eigenvalue weighted by atomic mass is 16.1. The molecule has 0 saturated carbocycles. The van der Waals surface area contributed by atoms with E-state index in [0.29, 0.717) is 6.42 Å². The third-order valence-corrected chi connectivity index (χ3v) is 1.98. The highest BCUT2D eigenvalue weighted by molar-refractivity contribution is 5.78. The quantitative estimate of drug-likeness (QED) is 0.205. The molecule has 0 aromatic rings. The summed E-state index contributed by atoms with van der Waals surface area (Å²) in [5.41, 5.74) is 5.34. The number of guanidine groups is 1. The summed E-state index contributed by atoms with van der Waals surface area (Å²) in [6.07, 6.45) is 8.55. The summed E-state index contributed by atoms with van der Waals surface area (Å²) < 4.78 is 0. The smallest absolute Gasteiger partial charge is 0.209 e. The molecule has 0 aliphatic carbocycles. The van der Waals surface area contributed by atoms with Crippen LogP contribution in [0.1, 0.15) is 38.5 Å². The van der Waals surface area contributed by atoms with E-state index in [2.05, 4.69) is 10.3 Å². The van der Waals surface area contributed by atoms with E-state index in [0.717, 1.165) is 44.9 Å². The van der Waals surface area contributed by atoms with Crippen molar-refractivity contribution in [2.75, 3.05) is 6.54 Å². The lowest BCUT2D eigenvalue weighted by molar-refractivity contribution is -0.107. The summed E-state index contributed by atoms with van der Waals surface area (Å²) in [6, 6.07) is 0. The molecule has 3 N–H and O–H groups in total. The van der Waals surface area contributed by atoms with Gasteiger partial charge in [-0.25, -0.2) is 0 Å². The number of carbonyl (C=O) groups excluding carboxylic acids is 1. The van der Waals surface area contributed by atoms with Crippen LogP contribution in [0.15, 0.2) is 4.99 Å². The Morgan fingerprint density at radius 1 is 1.33 bits per heavy atom. The largest absolute Gasteiger partial charge is 0.369 e. The van der Waals surface area contributed by atoms with Gasteiger partial charge in [-0.2, -0.15) is 5.26 Å². The summed E-state index contributed by atoms with van der Waals surface area (Å²) in [4.78, 5) is 13.3. The van der Waals surface area contributed by atoms with E-state index < -0.39 is 0 Å². The van der Waals surface area contributed by atoms with Gasteiger partial charge in [-0.1, -0.05) is 19.3 Å². The Labute approximate surface area is 90.4 Å². The zero-order valence-electron chi connectivity index (χ0n) is 8.91. The lowest BCUT2D eigenvalue weighted by Crippen LogP contribution is -2.31. The maximum Gasteiger partial charge on any atom is 0.209 e. The van der Waals surface area contributed by atoms with Crippen LogP contribution in [0, 0.1) is 11.5 Å². The van der Waals surface area contributed by atoms with Crippen LogP contribution >= 0.6 is 0 Å². The Kier molecular flexibility index (Phi) is 9.41. The van der Waals surface area contributed by atoms with Crippen molar-refractivity contribution in [3.63, 3.8) is 0 Å². The molecule has 5 nitrogen and oxygen atoms in total. The first-order valence-corrected chi connectivity index (χ1v) is 5.21. The normalized spacial score (nSPS) is 10.7. The van der Waals surface area contributed by atoms with Crippen LogP contribution in [0.2, 0.25) is 0 Å². The molecule has 0 bridgehead atoms. The van der Waals surface area contributed by atoms with Gasteiger partial charge in [-0.05, 0) is 12.8 Å². The Morgan fingerprint density at radius 3 is 2.67 bits per heavy atom. The van der Waals surface area contributed by atoms with Crippen molar-refractivity contribution in [2.45, 2.75) is 38.5 Å². The van der Waals surface area contributed by atoms with Crippen molar-refractivity contribution >= 4 is 12.2 Å². The van der Waals surface area contributed by atoms with Crippen molar-refractivity contribution in [3.05, 3.63) is 0 Å². The topological polar surface area (TPSA) is 91.3 Å². The second-order valence-corrected chi connectivity index (χ2v) is 3.25. The van der Waals surface area contributed by atoms with Crippen LogP contribution in [-0.2, 0) is 4.79 Å². The van der Waals surface area contributed by atoms with Gasteiger partial charge >= 0.3 is 0 Å². The van der Waals surface area contributed by atoms with E-state index in [1.807, 2.05) is 0 Å². The van der Waals surface area contributed by atoms with Crippen molar-refractivity contribution in [2.24, 2.45) is 10.7 Å². The lowest BCUT2D eigenvalue weighted by Gasteiger charge is -2.03. The van der Waals surface area contributed by atoms with E-state index in [1.165, 1.54) is 0 Å². The number of hydrogen-bond acceptors (Lipinski definition) is 3. The number of rotatable bonds is 8. The van der Waals surface area contributed by atoms with Crippen LogP contribution in [0.3, 0.4) is 0 Å². The summed E-state index contributed by atoms with van der Waals surface area (Å²) in [6.45, 7) is 0.741. The lowest BCUT2D eigenvalue weighted by atomic mass is 10.1. The molecular weight excluding hydrogens is 192 g/mol. The van der Waals surface area contributed by atoms with Gasteiger partial charge in [0, 0.05) is 13.0 Å². The molecule has 0 aromatic heterocycles. The van der Waals surface area contributed by atoms with Gasteiger partial charge in [0.1, 0.15) is 6.29 Å². The molecule has 0 saturated heterocycles. The zero-order chi connectivity index (χ0) is 11.4. The minimum absolute atomic E-state index is 0.179. The van der Waals surface area contributed by atoms with Crippen LogP contribution in [0.5, 0.6) is 0 Å². The number of nitrogens with two attached hydrogens (primary N) is 1. The third kappa shape index (κ3) is 10.4. The number of unbranched alkanes of at least 4 members (excludes halogenated alkanes) is 5. The Bertz CT molecular complexity index is 232. The second-order valence-electron chi connectivity index (χ2n) is 3.25. The van der Waals surface area contributed by atoms with Gasteiger partial charge in [-0.3, -0.25) is 0 Å². The van der Waals surface area contributed by atoms with E-state index in [1.54, 1.807) is 6.19 Å². The molecule has 0 atom stereocenters. The molecule has 0 heterocycles. The maximum absolute atomic E-state index is 10.0. The van der Waals surface area contributed by atoms with Crippen molar-refractivity contribution in [3.8, 4) is 6.19 Å². The zero-order valence-corrected chi connectivity index (χ0v) is 8.91. The first kappa shape index (κ1) is 13.4. The average Bonchev–Trinajstić information content (AvgIpc) is 2.22. The molecule has 0 radical (unpaired) electrons. The van der Waals surface area contributed by atoms with Crippen molar-refractivity contribution in [1.29, 1.82) is 5.26 Å². The number of aliphatic imine (C=N–C) groups is 1.